The smallest absolute Gasteiger partial charge is 0.253 e. The molecule has 1 aromatic carbocycles. The van der Waals surface area contributed by atoms with Gasteiger partial charge < -0.3 is 19.9 Å². The average Bonchev–Trinajstić information content (AvgIpc) is 3.15. The third kappa shape index (κ3) is 4.68. The lowest BCUT2D eigenvalue weighted by atomic mass is 10.0. The number of benzene rings is 1. The Bertz CT molecular complexity index is 872. The largest absolute Gasteiger partial charge is 0.383 e. The number of methoxy groups -OCH3 is 1. The summed E-state index contributed by atoms with van der Waals surface area (Å²) >= 11 is 5.65. The summed E-state index contributed by atoms with van der Waals surface area (Å²) in [5, 5.41) is 5.06. The van der Waals surface area contributed by atoms with E-state index in [0.29, 0.717) is 30.9 Å². The number of fused-ring (bicyclic) bond motifs is 1. The molecule has 0 spiro atoms. The topological polar surface area (TPSA) is 57.4 Å². The fourth-order valence-electron chi connectivity index (χ4n) is 3.98. The molecule has 0 aliphatic heterocycles. The summed E-state index contributed by atoms with van der Waals surface area (Å²) in [6.45, 7) is 5.92. The van der Waals surface area contributed by atoms with Crippen LogP contribution < -0.4 is 10.9 Å². The molecule has 0 atom stereocenters. The predicted molar refractivity (Wildman–Crippen MR) is 114 cm³/mol. The minimum Gasteiger partial charge on any atom is -0.383 e. The van der Waals surface area contributed by atoms with E-state index >= 15 is 0 Å². The summed E-state index contributed by atoms with van der Waals surface area (Å²) < 4.78 is 5.11. The van der Waals surface area contributed by atoms with Gasteiger partial charge in [-0.05, 0) is 62.0 Å². The van der Waals surface area contributed by atoms with Gasteiger partial charge in [0, 0.05) is 25.3 Å². The number of nitrogens with zero attached hydrogens (tertiary/aromatic N) is 1. The maximum Gasteiger partial charge on any atom is 0.253 e. The second-order valence-electron chi connectivity index (χ2n) is 7.46. The highest BCUT2D eigenvalue weighted by molar-refractivity contribution is 7.80. The molecule has 2 N–H and O–H groups in total. The van der Waals surface area contributed by atoms with Crippen molar-refractivity contribution in [1.29, 1.82) is 0 Å². The van der Waals surface area contributed by atoms with Gasteiger partial charge in [0.05, 0.1) is 18.7 Å². The van der Waals surface area contributed by atoms with E-state index in [1.165, 1.54) is 18.4 Å². The van der Waals surface area contributed by atoms with Crippen LogP contribution >= 0.6 is 12.2 Å². The van der Waals surface area contributed by atoms with Crippen molar-refractivity contribution in [2.45, 2.75) is 52.1 Å². The fourth-order valence-corrected chi connectivity index (χ4v) is 4.29. The van der Waals surface area contributed by atoms with Crippen molar-refractivity contribution in [1.82, 2.24) is 15.2 Å². The van der Waals surface area contributed by atoms with Crippen molar-refractivity contribution < 1.29 is 4.74 Å². The lowest BCUT2D eigenvalue weighted by Crippen LogP contribution is -2.46. The van der Waals surface area contributed by atoms with E-state index in [1.807, 2.05) is 13.0 Å². The number of aryl methyl sites for hydroxylation is 2. The third-order valence-electron chi connectivity index (χ3n) is 5.32. The molecule has 2 aromatic rings. The van der Waals surface area contributed by atoms with Gasteiger partial charge in [-0.25, -0.2) is 0 Å². The number of nitrogens with one attached hydrogen (secondary N) is 2. The quantitative estimate of drug-likeness (QED) is 0.588. The zero-order valence-electron chi connectivity index (χ0n) is 16.4. The number of ether oxygens (including phenoxy) is 1. The van der Waals surface area contributed by atoms with Crippen LogP contribution in [0.1, 0.15) is 42.4 Å². The minimum absolute atomic E-state index is 0.0304. The lowest BCUT2D eigenvalue weighted by molar-refractivity contribution is 0.201. The standard InChI is InChI=1S/C21H29N3O2S/c1-14-10-15(2)19-16(11-14)12-17(20(25)23-19)13-24(18-6-4-5-7-18)21(27)22-8-9-26-3/h10-12,18H,4-9,13H2,1-3H3,(H,22,27)(H,23,25). The van der Waals surface area contributed by atoms with E-state index < -0.39 is 0 Å². The maximum absolute atomic E-state index is 12.7. The lowest BCUT2D eigenvalue weighted by Gasteiger charge is -2.31. The molecule has 0 saturated heterocycles. The average molecular weight is 388 g/mol. The van der Waals surface area contributed by atoms with E-state index in [4.69, 9.17) is 17.0 Å². The van der Waals surface area contributed by atoms with Crippen molar-refractivity contribution in [2.75, 3.05) is 20.3 Å². The van der Waals surface area contributed by atoms with Gasteiger partial charge >= 0.3 is 0 Å². The van der Waals surface area contributed by atoms with Crippen LogP contribution in [0.15, 0.2) is 23.0 Å². The number of hydrogen-bond acceptors (Lipinski definition) is 3. The van der Waals surface area contributed by atoms with Gasteiger partial charge in [0.1, 0.15) is 0 Å². The second kappa shape index (κ2) is 8.85. The predicted octanol–water partition coefficient (Wildman–Crippen LogP) is 3.41. The summed E-state index contributed by atoms with van der Waals surface area (Å²) in [7, 11) is 1.68. The van der Waals surface area contributed by atoms with Gasteiger partial charge in [-0.15, -0.1) is 0 Å². The molecule has 1 heterocycles. The molecule has 27 heavy (non-hydrogen) atoms. The Balaban J connectivity index is 1.89. The Morgan fingerprint density at radius 2 is 2.04 bits per heavy atom. The first-order chi connectivity index (χ1) is 13.0. The molecule has 1 saturated carbocycles. The molecule has 1 aromatic heterocycles. The summed E-state index contributed by atoms with van der Waals surface area (Å²) in [6, 6.07) is 6.63. The number of aromatic amines is 1. The first kappa shape index (κ1) is 19.8. The molecule has 5 nitrogen and oxygen atoms in total. The Morgan fingerprint density at radius 1 is 1.30 bits per heavy atom. The summed E-state index contributed by atoms with van der Waals surface area (Å²) in [6.07, 6.45) is 4.67. The highest BCUT2D eigenvalue weighted by Gasteiger charge is 2.25. The number of aromatic nitrogens is 1. The molecule has 6 heteroatoms. The van der Waals surface area contributed by atoms with Crippen LogP contribution in [-0.2, 0) is 11.3 Å². The van der Waals surface area contributed by atoms with Gasteiger partial charge in [-0.1, -0.05) is 24.5 Å². The molecule has 0 bridgehead atoms. The Kier molecular flexibility index (Phi) is 6.50. The third-order valence-corrected chi connectivity index (χ3v) is 5.70. The molecule has 0 radical (unpaired) electrons. The van der Waals surface area contributed by atoms with Gasteiger partial charge in [-0.3, -0.25) is 4.79 Å². The van der Waals surface area contributed by atoms with Gasteiger partial charge in [-0.2, -0.15) is 0 Å². The highest BCUT2D eigenvalue weighted by atomic mass is 32.1. The summed E-state index contributed by atoms with van der Waals surface area (Å²) in [4.78, 5) is 18.0. The van der Waals surface area contributed by atoms with E-state index in [2.05, 4.69) is 34.3 Å². The maximum atomic E-state index is 12.7. The molecule has 146 valence electrons. The van der Waals surface area contributed by atoms with E-state index in [9.17, 15) is 4.79 Å². The molecule has 0 unspecified atom stereocenters. The van der Waals surface area contributed by atoms with Crippen molar-refractivity contribution in [3.63, 3.8) is 0 Å². The van der Waals surface area contributed by atoms with Crippen LogP contribution in [-0.4, -0.2) is 41.3 Å². The minimum atomic E-state index is -0.0304. The highest BCUT2D eigenvalue weighted by Crippen LogP contribution is 2.25. The van der Waals surface area contributed by atoms with Gasteiger partial charge in [0.25, 0.3) is 5.56 Å². The first-order valence-electron chi connectivity index (χ1n) is 9.66. The van der Waals surface area contributed by atoms with Crippen LogP contribution in [0.25, 0.3) is 10.9 Å². The number of pyridine rings is 1. The van der Waals surface area contributed by atoms with Crippen LogP contribution in [0, 0.1) is 13.8 Å². The van der Waals surface area contributed by atoms with Crippen LogP contribution in [0.2, 0.25) is 0 Å². The molecule has 3 rings (SSSR count). The zero-order chi connectivity index (χ0) is 19.4. The summed E-state index contributed by atoms with van der Waals surface area (Å²) in [5.74, 6) is 0. The number of rotatable bonds is 6. The number of H-pyrrole nitrogens is 1. The molecule has 1 fully saturated rings. The zero-order valence-corrected chi connectivity index (χ0v) is 17.2. The molecule has 1 aliphatic rings. The van der Waals surface area contributed by atoms with Crippen molar-refractivity contribution in [3.05, 3.63) is 45.2 Å². The number of hydrogen-bond donors (Lipinski definition) is 2. The first-order valence-corrected chi connectivity index (χ1v) is 10.1. The number of thiocarbonyl (C=S) groups is 1. The Labute approximate surface area is 166 Å². The monoisotopic (exact) mass is 387 g/mol. The van der Waals surface area contributed by atoms with Crippen molar-refractivity contribution in [3.8, 4) is 0 Å². The Hall–Kier alpha value is -1.92. The second-order valence-corrected chi connectivity index (χ2v) is 7.85. The Morgan fingerprint density at radius 3 is 2.74 bits per heavy atom. The van der Waals surface area contributed by atoms with Crippen molar-refractivity contribution in [2.24, 2.45) is 0 Å². The SMILES string of the molecule is COCCNC(=S)N(Cc1cc2cc(C)cc(C)c2[nH]c1=O)C1CCCC1. The van der Waals surface area contributed by atoms with Gasteiger partial charge in [0.2, 0.25) is 0 Å². The summed E-state index contributed by atoms with van der Waals surface area (Å²) in [5.41, 5.74) is 3.94. The molecule has 0 amide bonds. The van der Waals surface area contributed by atoms with Crippen molar-refractivity contribution >= 4 is 28.2 Å². The van der Waals surface area contributed by atoms with Gasteiger partial charge in [0.15, 0.2) is 5.11 Å². The fraction of sp³-hybridized carbons (Fsp3) is 0.524. The molecule has 1 aliphatic carbocycles. The van der Waals surface area contributed by atoms with E-state index in [0.717, 1.165) is 34.9 Å². The van der Waals surface area contributed by atoms with Crippen LogP contribution in [0.5, 0.6) is 0 Å². The molecular formula is C21H29N3O2S. The van der Waals surface area contributed by atoms with E-state index in [1.54, 1.807) is 7.11 Å². The molecular weight excluding hydrogens is 358 g/mol. The normalized spacial score (nSPS) is 14.6. The van der Waals surface area contributed by atoms with Crippen LogP contribution in [0.3, 0.4) is 0 Å². The van der Waals surface area contributed by atoms with E-state index in [-0.39, 0.29) is 5.56 Å². The van der Waals surface area contributed by atoms with Crippen LogP contribution in [0.4, 0.5) is 0 Å².